The number of methoxy groups -OCH3 is 1. The minimum Gasteiger partial charge on any atom is -0.497 e. The Hall–Kier alpha value is -2.77. The van der Waals surface area contributed by atoms with Gasteiger partial charge < -0.3 is 10.1 Å². The maximum atomic E-state index is 12.2. The van der Waals surface area contributed by atoms with Crippen molar-refractivity contribution in [3.05, 3.63) is 58.9 Å². The van der Waals surface area contributed by atoms with Crippen molar-refractivity contribution in [1.29, 1.82) is 0 Å². The molecule has 142 valence electrons. The Bertz CT molecular complexity index is 1050. The van der Waals surface area contributed by atoms with Gasteiger partial charge in [-0.15, -0.1) is 22.7 Å². The zero-order valence-corrected chi connectivity index (χ0v) is 17.0. The Morgan fingerprint density at radius 3 is 2.71 bits per heavy atom. The molecule has 1 N–H and O–H groups in total. The summed E-state index contributed by atoms with van der Waals surface area (Å²) in [5, 5.41) is 6.53. The van der Waals surface area contributed by atoms with Crippen molar-refractivity contribution >= 4 is 43.9 Å². The fraction of sp³-hybridized carbons (Fsp3) is 0.190. The van der Waals surface area contributed by atoms with Gasteiger partial charge in [-0.1, -0.05) is 12.1 Å². The van der Waals surface area contributed by atoms with E-state index in [4.69, 9.17) is 4.74 Å². The van der Waals surface area contributed by atoms with E-state index in [-0.39, 0.29) is 5.91 Å². The molecule has 5 nitrogen and oxygen atoms in total. The number of carbonyl (C=O) groups is 1. The minimum atomic E-state index is -0.0169. The molecular formula is C21H19N3O2S2. The second-order valence-electron chi connectivity index (χ2n) is 6.24. The Morgan fingerprint density at radius 1 is 1.11 bits per heavy atom. The predicted molar refractivity (Wildman–Crippen MR) is 115 cm³/mol. The summed E-state index contributed by atoms with van der Waals surface area (Å²) in [6, 6.07) is 15.8. The zero-order valence-electron chi connectivity index (χ0n) is 15.3. The molecule has 0 aliphatic rings. The summed E-state index contributed by atoms with van der Waals surface area (Å²) in [6.07, 6.45) is 2.03. The molecule has 7 heteroatoms. The van der Waals surface area contributed by atoms with Crippen LogP contribution in [0.2, 0.25) is 0 Å². The molecule has 2 aromatic carbocycles. The van der Waals surface area contributed by atoms with Crippen molar-refractivity contribution in [1.82, 2.24) is 9.97 Å². The maximum Gasteiger partial charge on any atom is 0.226 e. The number of amides is 1. The summed E-state index contributed by atoms with van der Waals surface area (Å²) in [5.74, 6) is 0.789. The van der Waals surface area contributed by atoms with E-state index < -0.39 is 0 Å². The number of rotatable bonds is 7. The van der Waals surface area contributed by atoms with Gasteiger partial charge in [0, 0.05) is 17.4 Å². The van der Waals surface area contributed by atoms with E-state index in [0.717, 1.165) is 40.4 Å². The fourth-order valence-electron chi connectivity index (χ4n) is 2.83. The van der Waals surface area contributed by atoms with Gasteiger partial charge >= 0.3 is 0 Å². The first kappa shape index (κ1) is 18.6. The molecule has 0 atom stereocenters. The number of nitrogens with one attached hydrogen (secondary N) is 1. The van der Waals surface area contributed by atoms with Gasteiger partial charge in [0.15, 0.2) is 5.13 Å². The summed E-state index contributed by atoms with van der Waals surface area (Å²) in [6.45, 7) is 0. The number of hydrogen-bond donors (Lipinski definition) is 1. The predicted octanol–water partition coefficient (Wildman–Crippen LogP) is 5.39. The highest BCUT2D eigenvalue weighted by Gasteiger charge is 2.09. The molecule has 2 aromatic heterocycles. The molecule has 28 heavy (non-hydrogen) atoms. The van der Waals surface area contributed by atoms with E-state index in [1.165, 1.54) is 16.0 Å². The van der Waals surface area contributed by atoms with Crippen molar-refractivity contribution in [2.75, 3.05) is 12.4 Å². The van der Waals surface area contributed by atoms with Crippen LogP contribution >= 0.6 is 22.7 Å². The number of aryl methyl sites for hydroxylation is 1. The van der Waals surface area contributed by atoms with Crippen LogP contribution in [-0.4, -0.2) is 23.0 Å². The number of thiazole rings is 2. The lowest BCUT2D eigenvalue weighted by molar-refractivity contribution is -0.116. The van der Waals surface area contributed by atoms with Gasteiger partial charge in [-0.3, -0.25) is 4.79 Å². The van der Waals surface area contributed by atoms with Crippen LogP contribution in [0, 0.1) is 0 Å². The molecule has 0 saturated carbocycles. The molecule has 4 rings (SSSR count). The molecule has 0 fully saturated rings. The first-order valence-electron chi connectivity index (χ1n) is 8.95. The van der Waals surface area contributed by atoms with Gasteiger partial charge in [-0.25, -0.2) is 9.97 Å². The standard InChI is InChI=1S/C21H19N3O2S2/c1-26-15-11-9-14(10-12-15)17-13-27-21(23-17)24-19(25)7-4-8-20-22-16-5-2-3-6-18(16)28-20/h2-3,5-6,9-13H,4,7-8H2,1H3,(H,23,24,25). The quantitative estimate of drug-likeness (QED) is 0.444. The van der Waals surface area contributed by atoms with Crippen LogP contribution in [0.3, 0.4) is 0 Å². The topological polar surface area (TPSA) is 64.1 Å². The summed E-state index contributed by atoms with van der Waals surface area (Å²) >= 11 is 3.13. The lowest BCUT2D eigenvalue weighted by Gasteiger charge is -2.02. The number of fused-ring (bicyclic) bond motifs is 1. The van der Waals surface area contributed by atoms with E-state index in [2.05, 4.69) is 21.4 Å². The molecule has 0 bridgehead atoms. The number of hydrogen-bond acceptors (Lipinski definition) is 6. The van der Waals surface area contributed by atoms with Crippen LogP contribution in [0.1, 0.15) is 17.8 Å². The zero-order chi connectivity index (χ0) is 19.3. The normalized spacial score (nSPS) is 10.9. The summed E-state index contributed by atoms with van der Waals surface area (Å²) in [5.41, 5.74) is 2.87. The van der Waals surface area contributed by atoms with Crippen LogP contribution < -0.4 is 10.1 Å². The van der Waals surface area contributed by atoms with Crippen molar-refractivity contribution in [3.8, 4) is 17.0 Å². The summed E-state index contributed by atoms with van der Waals surface area (Å²) in [7, 11) is 1.64. The van der Waals surface area contributed by atoms with E-state index >= 15 is 0 Å². The van der Waals surface area contributed by atoms with Gasteiger partial charge in [0.05, 0.1) is 28.0 Å². The number of aromatic nitrogens is 2. The average molecular weight is 410 g/mol. The third-order valence-electron chi connectivity index (χ3n) is 4.27. The largest absolute Gasteiger partial charge is 0.497 e. The molecule has 1 amide bonds. The number of benzene rings is 2. The number of carbonyl (C=O) groups excluding carboxylic acids is 1. The number of ether oxygens (including phenoxy) is 1. The van der Waals surface area contributed by atoms with Crippen LogP contribution in [0.5, 0.6) is 5.75 Å². The third kappa shape index (κ3) is 4.37. The minimum absolute atomic E-state index is 0.0169. The Balaban J connectivity index is 1.29. The van der Waals surface area contributed by atoms with Crippen molar-refractivity contribution < 1.29 is 9.53 Å². The second kappa shape index (κ2) is 8.50. The smallest absolute Gasteiger partial charge is 0.226 e. The number of anilines is 1. The molecule has 0 radical (unpaired) electrons. The van der Waals surface area contributed by atoms with Gasteiger partial charge in [-0.05, 0) is 49.2 Å². The lowest BCUT2D eigenvalue weighted by Crippen LogP contribution is -2.11. The van der Waals surface area contributed by atoms with Gasteiger partial charge in [0.2, 0.25) is 5.91 Å². The molecule has 0 aliphatic heterocycles. The van der Waals surface area contributed by atoms with Gasteiger partial charge in [0.1, 0.15) is 5.75 Å². The summed E-state index contributed by atoms with van der Waals surface area (Å²) < 4.78 is 6.36. The molecule has 0 aliphatic carbocycles. The maximum absolute atomic E-state index is 12.2. The molecule has 0 saturated heterocycles. The molecule has 2 heterocycles. The highest BCUT2D eigenvalue weighted by Crippen LogP contribution is 2.27. The SMILES string of the molecule is COc1ccc(-c2csc(NC(=O)CCCc3nc4ccccc4s3)n2)cc1. The Labute approximate surface area is 171 Å². The molecular weight excluding hydrogens is 390 g/mol. The first-order chi connectivity index (χ1) is 13.7. The van der Waals surface area contributed by atoms with Crippen LogP contribution in [0.25, 0.3) is 21.5 Å². The average Bonchev–Trinajstić information content (AvgIpc) is 3.34. The monoisotopic (exact) mass is 409 g/mol. The van der Waals surface area contributed by atoms with Crippen molar-refractivity contribution in [2.45, 2.75) is 19.3 Å². The first-order valence-corrected chi connectivity index (χ1v) is 10.6. The summed E-state index contributed by atoms with van der Waals surface area (Å²) in [4.78, 5) is 21.3. The van der Waals surface area contributed by atoms with E-state index in [0.29, 0.717) is 11.6 Å². The van der Waals surface area contributed by atoms with Gasteiger partial charge in [0.25, 0.3) is 0 Å². The van der Waals surface area contributed by atoms with Crippen molar-refractivity contribution in [2.24, 2.45) is 0 Å². The van der Waals surface area contributed by atoms with Crippen LogP contribution in [0.4, 0.5) is 5.13 Å². The van der Waals surface area contributed by atoms with E-state index in [1.807, 2.05) is 47.8 Å². The lowest BCUT2D eigenvalue weighted by atomic mass is 10.2. The number of nitrogens with zero attached hydrogens (tertiary/aromatic N) is 2. The highest BCUT2D eigenvalue weighted by atomic mass is 32.1. The van der Waals surface area contributed by atoms with Crippen molar-refractivity contribution in [3.63, 3.8) is 0 Å². The highest BCUT2D eigenvalue weighted by molar-refractivity contribution is 7.18. The van der Waals surface area contributed by atoms with E-state index in [1.54, 1.807) is 18.4 Å². The van der Waals surface area contributed by atoms with Crippen LogP contribution in [0.15, 0.2) is 53.9 Å². The second-order valence-corrected chi connectivity index (χ2v) is 8.22. The van der Waals surface area contributed by atoms with Crippen LogP contribution in [-0.2, 0) is 11.2 Å². The third-order valence-corrected chi connectivity index (χ3v) is 6.12. The Kier molecular flexibility index (Phi) is 5.64. The molecule has 0 spiro atoms. The van der Waals surface area contributed by atoms with Gasteiger partial charge in [-0.2, -0.15) is 0 Å². The molecule has 4 aromatic rings. The fourth-order valence-corrected chi connectivity index (χ4v) is 4.58. The number of para-hydroxylation sites is 1. The van der Waals surface area contributed by atoms with E-state index in [9.17, 15) is 4.79 Å². The Morgan fingerprint density at radius 2 is 1.93 bits per heavy atom. The molecule has 0 unspecified atom stereocenters.